The number of halogens is 1. The van der Waals surface area contributed by atoms with Gasteiger partial charge in [0, 0.05) is 13.0 Å². The maximum atomic E-state index is 13.0. The van der Waals surface area contributed by atoms with E-state index in [1.807, 2.05) is 18.4 Å². The van der Waals surface area contributed by atoms with E-state index in [1.165, 1.54) is 0 Å². The number of rotatable bonds is 4. The largest absolute Gasteiger partial charge is 0.331 e. The van der Waals surface area contributed by atoms with Crippen molar-refractivity contribution in [3.63, 3.8) is 0 Å². The van der Waals surface area contributed by atoms with E-state index in [9.17, 15) is 12.3 Å². The molecule has 0 spiro atoms. The summed E-state index contributed by atoms with van der Waals surface area (Å²) in [6, 6.07) is 0. The lowest BCUT2D eigenvalue weighted by Crippen LogP contribution is -2.15. The second-order valence-electron chi connectivity index (χ2n) is 4.96. The van der Waals surface area contributed by atoms with Gasteiger partial charge in [-0.2, -0.15) is 8.42 Å². The quantitative estimate of drug-likeness (QED) is 0.793. The van der Waals surface area contributed by atoms with Gasteiger partial charge in [0.1, 0.15) is 11.6 Å². The van der Waals surface area contributed by atoms with Crippen molar-refractivity contribution in [1.82, 2.24) is 9.55 Å². The molecule has 102 valence electrons. The molecule has 2 rings (SSSR count). The molecule has 18 heavy (non-hydrogen) atoms. The number of hydrogen-bond donors (Lipinski definition) is 0. The fourth-order valence-electron chi connectivity index (χ4n) is 2.47. The van der Waals surface area contributed by atoms with E-state index < -0.39 is 16.0 Å². The van der Waals surface area contributed by atoms with Crippen LogP contribution in [0.4, 0.5) is 3.89 Å². The SMILES string of the molecule is CCC(C)c1nc2n(c1CS(=O)(=O)F)CCCC2. The van der Waals surface area contributed by atoms with E-state index in [1.54, 1.807) is 0 Å². The molecule has 1 atom stereocenters. The fourth-order valence-corrected chi connectivity index (χ4v) is 3.10. The van der Waals surface area contributed by atoms with Crippen LogP contribution in [0.25, 0.3) is 0 Å². The molecule has 0 radical (unpaired) electrons. The first-order chi connectivity index (χ1) is 8.42. The molecule has 0 amide bonds. The number of nitrogens with zero attached hydrogens (tertiary/aromatic N) is 2. The smallest absolute Gasteiger partial charge is 0.308 e. The molecule has 0 N–H and O–H groups in total. The summed E-state index contributed by atoms with van der Waals surface area (Å²) < 4.78 is 36.8. The number of aryl methyl sites for hydroxylation is 1. The lowest BCUT2D eigenvalue weighted by Gasteiger charge is -2.16. The summed E-state index contributed by atoms with van der Waals surface area (Å²) in [5.74, 6) is 0.537. The molecule has 0 bridgehead atoms. The molecule has 0 aromatic carbocycles. The van der Waals surface area contributed by atoms with Gasteiger partial charge in [0.15, 0.2) is 0 Å². The Hall–Kier alpha value is -0.910. The highest BCUT2D eigenvalue weighted by Gasteiger charge is 2.25. The van der Waals surface area contributed by atoms with Crippen LogP contribution in [0.1, 0.15) is 56.2 Å². The van der Waals surface area contributed by atoms with Crippen molar-refractivity contribution in [3.05, 3.63) is 17.2 Å². The minimum atomic E-state index is -4.51. The van der Waals surface area contributed by atoms with Gasteiger partial charge in [-0.05, 0) is 25.2 Å². The molecular formula is C12H19FN2O2S. The van der Waals surface area contributed by atoms with E-state index in [-0.39, 0.29) is 5.92 Å². The van der Waals surface area contributed by atoms with E-state index >= 15 is 0 Å². The monoisotopic (exact) mass is 274 g/mol. The molecule has 0 fully saturated rings. The Kier molecular flexibility index (Phi) is 3.75. The number of fused-ring (bicyclic) bond motifs is 1. The topological polar surface area (TPSA) is 52.0 Å². The van der Waals surface area contributed by atoms with Crippen LogP contribution < -0.4 is 0 Å². The first-order valence-corrected chi connectivity index (χ1v) is 7.98. The van der Waals surface area contributed by atoms with Crippen LogP contribution in [0.2, 0.25) is 0 Å². The Balaban J connectivity index is 2.48. The highest BCUT2D eigenvalue weighted by atomic mass is 32.3. The van der Waals surface area contributed by atoms with Gasteiger partial charge in [0.2, 0.25) is 0 Å². The summed E-state index contributed by atoms with van der Waals surface area (Å²) in [6.45, 7) is 4.78. The highest BCUT2D eigenvalue weighted by molar-refractivity contribution is 7.85. The molecule has 0 aliphatic carbocycles. The maximum absolute atomic E-state index is 13.0. The zero-order valence-electron chi connectivity index (χ0n) is 10.8. The van der Waals surface area contributed by atoms with Crippen LogP contribution in [0, 0.1) is 0 Å². The van der Waals surface area contributed by atoms with Gasteiger partial charge < -0.3 is 4.57 Å². The molecule has 1 aromatic rings. The summed E-state index contributed by atoms with van der Waals surface area (Å²) in [7, 11) is -4.51. The third-order valence-electron chi connectivity index (χ3n) is 3.60. The molecule has 4 nitrogen and oxygen atoms in total. The van der Waals surface area contributed by atoms with Gasteiger partial charge >= 0.3 is 10.2 Å². The normalized spacial score (nSPS) is 17.5. The minimum absolute atomic E-state index is 0.167. The molecule has 1 aliphatic heterocycles. The standard InChI is InChI=1S/C12H19FN2O2S/c1-3-9(2)12-10(8-18(13,16)17)15-7-5-4-6-11(15)14-12/h9H,3-8H2,1-2H3. The Morgan fingerprint density at radius 3 is 2.78 bits per heavy atom. The first-order valence-electron chi connectivity index (χ1n) is 6.43. The lowest BCUT2D eigenvalue weighted by molar-refractivity contribution is 0.507. The Bertz CT molecular complexity index is 537. The van der Waals surface area contributed by atoms with E-state index in [2.05, 4.69) is 4.98 Å². The van der Waals surface area contributed by atoms with Crippen molar-refractivity contribution in [2.45, 2.75) is 57.7 Å². The van der Waals surface area contributed by atoms with Gasteiger partial charge in [-0.25, -0.2) is 4.98 Å². The molecule has 0 saturated carbocycles. The highest BCUT2D eigenvalue weighted by Crippen LogP contribution is 2.28. The number of aromatic nitrogens is 2. The van der Waals surface area contributed by atoms with E-state index in [0.29, 0.717) is 5.69 Å². The molecule has 6 heteroatoms. The molecular weight excluding hydrogens is 255 g/mol. The Morgan fingerprint density at radius 1 is 1.44 bits per heavy atom. The van der Waals surface area contributed by atoms with Crippen LogP contribution >= 0.6 is 0 Å². The summed E-state index contributed by atoms with van der Waals surface area (Å²) in [5, 5.41) is 0. The molecule has 0 saturated heterocycles. The molecule has 1 aliphatic rings. The summed E-state index contributed by atoms with van der Waals surface area (Å²) in [6.07, 6.45) is 3.80. The van der Waals surface area contributed by atoms with Gasteiger partial charge in [-0.15, -0.1) is 3.89 Å². The van der Waals surface area contributed by atoms with Gasteiger partial charge in [-0.3, -0.25) is 0 Å². The van der Waals surface area contributed by atoms with Crippen molar-refractivity contribution in [3.8, 4) is 0 Å². The molecule has 1 aromatic heterocycles. The van der Waals surface area contributed by atoms with Crippen molar-refractivity contribution in [2.75, 3.05) is 0 Å². The molecule has 1 unspecified atom stereocenters. The van der Waals surface area contributed by atoms with Crippen LogP contribution in [0.3, 0.4) is 0 Å². The van der Waals surface area contributed by atoms with Crippen molar-refractivity contribution in [2.24, 2.45) is 0 Å². The van der Waals surface area contributed by atoms with Gasteiger partial charge in [0.25, 0.3) is 0 Å². The van der Waals surface area contributed by atoms with Crippen LogP contribution in [-0.2, 0) is 28.9 Å². The van der Waals surface area contributed by atoms with E-state index in [4.69, 9.17) is 0 Å². The van der Waals surface area contributed by atoms with Crippen LogP contribution in [0.15, 0.2) is 0 Å². The fraction of sp³-hybridized carbons (Fsp3) is 0.750. The second kappa shape index (κ2) is 4.99. The first kappa shape index (κ1) is 13.5. The maximum Gasteiger partial charge on any atom is 0.308 e. The lowest BCUT2D eigenvalue weighted by atomic mass is 10.0. The third-order valence-corrected chi connectivity index (χ3v) is 4.22. The van der Waals surface area contributed by atoms with Crippen molar-refractivity contribution >= 4 is 10.2 Å². The Labute approximate surface area is 107 Å². The second-order valence-corrected chi connectivity index (χ2v) is 6.33. The number of hydrogen-bond acceptors (Lipinski definition) is 3. The minimum Gasteiger partial charge on any atom is -0.331 e. The number of imidazole rings is 1. The zero-order valence-corrected chi connectivity index (χ0v) is 11.6. The van der Waals surface area contributed by atoms with Gasteiger partial charge in [0.05, 0.1) is 11.4 Å². The molecule has 2 heterocycles. The zero-order chi connectivity index (χ0) is 13.3. The summed E-state index contributed by atoms with van der Waals surface area (Å²) >= 11 is 0. The van der Waals surface area contributed by atoms with Crippen molar-refractivity contribution in [1.29, 1.82) is 0 Å². The predicted octanol–water partition coefficient (Wildman–Crippen LogP) is 2.53. The van der Waals surface area contributed by atoms with E-state index in [0.717, 1.165) is 43.7 Å². The van der Waals surface area contributed by atoms with Gasteiger partial charge in [-0.1, -0.05) is 13.8 Å². The Morgan fingerprint density at radius 2 is 2.17 bits per heavy atom. The summed E-state index contributed by atoms with van der Waals surface area (Å²) in [5.41, 5.74) is 1.32. The average Bonchev–Trinajstić information content (AvgIpc) is 2.65. The third kappa shape index (κ3) is 2.74. The predicted molar refractivity (Wildman–Crippen MR) is 67.6 cm³/mol. The van der Waals surface area contributed by atoms with Crippen LogP contribution in [-0.4, -0.2) is 18.0 Å². The van der Waals surface area contributed by atoms with Crippen molar-refractivity contribution < 1.29 is 12.3 Å². The average molecular weight is 274 g/mol. The summed E-state index contributed by atoms with van der Waals surface area (Å²) in [4.78, 5) is 4.54. The van der Waals surface area contributed by atoms with Crippen LogP contribution in [0.5, 0.6) is 0 Å².